The van der Waals surface area contributed by atoms with Gasteiger partial charge in [0.1, 0.15) is 0 Å². The second-order valence-electron chi connectivity index (χ2n) is 6.53. The molecule has 1 aliphatic carbocycles. The fourth-order valence-corrected chi connectivity index (χ4v) is 4.02. The van der Waals surface area contributed by atoms with Crippen molar-refractivity contribution in [2.24, 2.45) is 11.3 Å². The van der Waals surface area contributed by atoms with E-state index in [2.05, 4.69) is 5.32 Å². The van der Waals surface area contributed by atoms with Crippen LogP contribution in [-0.4, -0.2) is 55.6 Å². The molecule has 8 heteroatoms. The Morgan fingerprint density at radius 1 is 1.27 bits per heavy atom. The third-order valence-corrected chi connectivity index (χ3v) is 6.20. The minimum atomic E-state index is -3.13. The second kappa shape index (κ2) is 6.54. The van der Waals surface area contributed by atoms with Crippen LogP contribution >= 0.6 is 0 Å². The van der Waals surface area contributed by atoms with E-state index in [0.29, 0.717) is 32.5 Å². The van der Waals surface area contributed by atoms with Crippen molar-refractivity contribution in [2.75, 3.05) is 25.9 Å². The fraction of sp³-hybridized carbons (Fsp3) is 0.857. The molecule has 1 amide bonds. The molecule has 1 saturated heterocycles. The maximum absolute atomic E-state index is 11.9. The number of carbonyl (C=O) groups is 2. The molecule has 0 atom stereocenters. The summed E-state index contributed by atoms with van der Waals surface area (Å²) in [6.45, 7) is 1.46. The van der Waals surface area contributed by atoms with Gasteiger partial charge < -0.3 is 10.4 Å². The number of piperidine rings is 1. The monoisotopic (exact) mass is 332 g/mol. The Bertz CT molecular complexity index is 533. The van der Waals surface area contributed by atoms with Crippen LogP contribution in [0.5, 0.6) is 0 Å². The van der Waals surface area contributed by atoms with Gasteiger partial charge in [0.15, 0.2) is 0 Å². The average molecular weight is 332 g/mol. The topological polar surface area (TPSA) is 104 Å². The van der Waals surface area contributed by atoms with Gasteiger partial charge in [-0.15, -0.1) is 0 Å². The van der Waals surface area contributed by atoms with Gasteiger partial charge in [0.05, 0.1) is 11.7 Å². The van der Waals surface area contributed by atoms with Crippen molar-refractivity contribution in [1.29, 1.82) is 0 Å². The molecule has 0 aromatic carbocycles. The summed E-state index contributed by atoms with van der Waals surface area (Å²) >= 11 is 0. The van der Waals surface area contributed by atoms with E-state index < -0.39 is 21.4 Å². The molecule has 0 aromatic rings. The summed E-state index contributed by atoms with van der Waals surface area (Å²) < 4.78 is 24.3. The van der Waals surface area contributed by atoms with Crippen LogP contribution in [-0.2, 0) is 19.6 Å². The molecule has 0 bridgehead atoms. The van der Waals surface area contributed by atoms with Crippen molar-refractivity contribution in [3.8, 4) is 0 Å². The van der Waals surface area contributed by atoms with E-state index >= 15 is 0 Å². The summed E-state index contributed by atoms with van der Waals surface area (Å²) in [5, 5.41) is 12.0. The van der Waals surface area contributed by atoms with Crippen molar-refractivity contribution in [3.63, 3.8) is 0 Å². The van der Waals surface area contributed by atoms with Gasteiger partial charge in [-0.1, -0.05) is 6.42 Å². The van der Waals surface area contributed by atoms with Crippen LogP contribution in [0, 0.1) is 11.3 Å². The number of carboxylic acids is 1. The molecule has 126 valence electrons. The highest BCUT2D eigenvalue weighted by atomic mass is 32.2. The highest BCUT2D eigenvalue weighted by Crippen LogP contribution is 2.44. The van der Waals surface area contributed by atoms with Crippen molar-refractivity contribution in [1.82, 2.24) is 9.62 Å². The molecular formula is C14H24N2O5S. The van der Waals surface area contributed by atoms with Crippen LogP contribution < -0.4 is 5.32 Å². The SMILES string of the molecule is CS(=O)(=O)N1CCC(CNC(=O)CC2(C(=O)O)CCC2)CC1. The maximum atomic E-state index is 11.9. The molecule has 0 radical (unpaired) electrons. The Kier molecular flexibility index (Phi) is 5.11. The first kappa shape index (κ1) is 17.2. The minimum absolute atomic E-state index is 0.0461. The molecule has 7 nitrogen and oxygen atoms in total. The summed E-state index contributed by atoms with van der Waals surface area (Å²) in [5.74, 6) is -0.841. The predicted octanol–water partition coefficient (Wildman–Crippen LogP) is 0.419. The smallest absolute Gasteiger partial charge is 0.310 e. The summed E-state index contributed by atoms with van der Waals surface area (Å²) in [7, 11) is -3.13. The Hall–Kier alpha value is -1.15. The highest BCUT2D eigenvalue weighted by Gasteiger charge is 2.45. The number of sulfonamides is 1. The van der Waals surface area contributed by atoms with Gasteiger partial charge in [0.2, 0.25) is 15.9 Å². The lowest BCUT2D eigenvalue weighted by Crippen LogP contribution is -2.44. The zero-order chi connectivity index (χ0) is 16.4. The Morgan fingerprint density at radius 2 is 1.86 bits per heavy atom. The lowest BCUT2D eigenvalue weighted by atomic mass is 9.66. The summed E-state index contributed by atoms with van der Waals surface area (Å²) in [6, 6.07) is 0. The molecule has 0 spiro atoms. The van der Waals surface area contributed by atoms with Crippen LogP contribution in [0.25, 0.3) is 0 Å². The summed E-state index contributed by atoms with van der Waals surface area (Å²) in [6.07, 6.45) is 4.70. The van der Waals surface area contributed by atoms with Crippen LogP contribution in [0.3, 0.4) is 0 Å². The third-order valence-electron chi connectivity index (χ3n) is 4.89. The first-order valence-electron chi connectivity index (χ1n) is 7.68. The van der Waals surface area contributed by atoms with Gasteiger partial charge in [0.25, 0.3) is 0 Å². The second-order valence-corrected chi connectivity index (χ2v) is 8.51. The number of aliphatic carboxylic acids is 1. The van der Waals surface area contributed by atoms with Crippen LogP contribution in [0.15, 0.2) is 0 Å². The van der Waals surface area contributed by atoms with E-state index in [9.17, 15) is 23.1 Å². The first-order valence-corrected chi connectivity index (χ1v) is 9.53. The molecule has 1 saturated carbocycles. The van der Waals surface area contributed by atoms with Crippen molar-refractivity contribution in [2.45, 2.75) is 38.5 Å². The van der Waals surface area contributed by atoms with Crippen molar-refractivity contribution >= 4 is 21.9 Å². The molecule has 1 heterocycles. The summed E-state index contributed by atoms with van der Waals surface area (Å²) in [5.41, 5.74) is -0.857. The van der Waals surface area contributed by atoms with E-state index in [1.54, 1.807) is 0 Å². The average Bonchev–Trinajstić information content (AvgIpc) is 2.39. The Morgan fingerprint density at radius 3 is 2.27 bits per heavy atom. The van der Waals surface area contributed by atoms with Gasteiger partial charge in [-0.2, -0.15) is 0 Å². The normalized spacial score (nSPS) is 22.8. The number of hydrogen-bond acceptors (Lipinski definition) is 4. The van der Waals surface area contributed by atoms with E-state index in [1.807, 2.05) is 0 Å². The van der Waals surface area contributed by atoms with Gasteiger partial charge in [-0.05, 0) is 31.6 Å². The molecule has 0 unspecified atom stereocenters. The first-order chi connectivity index (χ1) is 10.2. The van der Waals surface area contributed by atoms with Crippen LogP contribution in [0.2, 0.25) is 0 Å². The molecule has 2 N–H and O–H groups in total. The molecule has 2 aliphatic rings. The Balaban J connectivity index is 1.73. The maximum Gasteiger partial charge on any atom is 0.310 e. The van der Waals surface area contributed by atoms with E-state index in [4.69, 9.17) is 0 Å². The number of nitrogens with zero attached hydrogens (tertiary/aromatic N) is 1. The molecule has 22 heavy (non-hydrogen) atoms. The zero-order valence-corrected chi connectivity index (χ0v) is 13.7. The van der Waals surface area contributed by atoms with Gasteiger partial charge in [0, 0.05) is 26.1 Å². The number of amides is 1. The Labute approximate surface area is 131 Å². The summed E-state index contributed by atoms with van der Waals surface area (Å²) in [4.78, 5) is 23.2. The number of hydrogen-bond donors (Lipinski definition) is 2. The van der Waals surface area contributed by atoms with Crippen molar-refractivity contribution < 1.29 is 23.1 Å². The van der Waals surface area contributed by atoms with Gasteiger partial charge >= 0.3 is 5.97 Å². The van der Waals surface area contributed by atoms with Gasteiger partial charge in [-0.25, -0.2) is 12.7 Å². The number of carbonyl (C=O) groups excluding carboxylic acids is 1. The quantitative estimate of drug-likeness (QED) is 0.733. The molecular weight excluding hydrogens is 308 g/mol. The standard InChI is InChI=1S/C14H24N2O5S/c1-22(20,21)16-7-3-11(4-8-16)10-15-12(17)9-14(13(18)19)5-2-6-14/h11H,2-10H2,1H3,(H,15,17)(H,18,19). The number of rotatable bonds is 6. The molecule has 2 rings (SSSR count). The van der Waals surface area contributed by atoms with E-state index in [0.717, 1.165) is 19.3 Å². The lowest BCUT2D eigenvalue weighted by Gasteiger charge is -2.37. The van der Waals surface area contributed by atoms with Crippen LogP contribution in [0.1, 0.15) is 38.5 Å². The largest absolute Gasteiger partial charge is 0.481 e. The van der Waals surface area contributed by atoms with Gasteiger partial charge in [-0.3, -0.25) is 9.59 Å². The third kappa shape index (κ3) is 3.98. The number of nitrogens with one attached hydrogen (secondary N) is 1. The van der Waals surface area contributed by atoms with Crippen LogP contribution in [0.4, 0.5) is 0 Å². The molecule has 2 fully saturated rings. The highest BCUT2D eigenvalue weighted by molar-refractivity contribution is 7.88. The molecule has 0 aromatic heterocycles. The fourth-order valence-electron chi connectivity index (χ4n) is 3.14. The zero-order valence-electron chi connectivity index (χ0n) is 12.9. The molecule has 1 aliphatic heterocycles. The van der Waals surface area contributed by atoms with Crippen molar-refractivity contribution in [3.05, 3.63) is 0 Å². The minimum Gasteiger partial charge on any atom is -0.481 e. The van der Waals surface area contributed by atoms with E-state index in [-0.39, 0.29) is 18.2 Å². The van der Waals surface area contributed by atoms with E-state index in [1.165, 1.54) is 10.6 Å². The number of carboxylic acid groups (broad SMARTS) is 1. The predicted molar refractivity (Wildman–Crippen MR) is 80.7 cm³/mol. The lowest BCUT2D eigenvalue weighted by molar-refractivity contribution is -0.157.